The number of amides is 1. The number of methoxy groups -OCH3 is 1. The number of nitrogens with zero attached hydrogens (tertiary/aromatic N) is 2. The van der Waals surface area contributed by atoms with Crippen molar-refractivity contribution >= 4 is 5.91 Å². The normalized spacial score (nSPS) is 10.9. The number of ether oxygens (including phenoxy) is 1. The Labute approximate surface area is 146 Å². The summed E-state index contributed by atoms with van der Waals surface area (Å²) >= 11 is 0. The van der Waals surface area contributed by atoms with Crippen LogP contribution in [0.15, 0.2) is 46.9 Å². The second kappa shape index (κ2) is 6.84. The zero-order valence-corrected chi connectivity index (χ0v) is 14.7. The molecule has 0 radical (unpaired) electrons. The van der Waals surface area contributed by atoms with Crippen molar-refractivity contribution in [1.29, 1.82) is 0 Å². The Morgan fingerprint density at radius 1 is 1.20 bits per heavy atom. The van der Waals surface area contributed by atoms with Crippen molar-refractivity contribution in [3.05, 3.63) is 53.9 Å². The molecule has 2 heterocycles. The van der Waals surface area contributed by atoms with Gasteiger partial charge in [0.1, 0.15) is 22.9 Å². The van der Waals surface area contributed by atoms with Crippen molar-refractivity contribution in [2.24, 2.45) is 0 Å². The maximum absolute atomic E-state index is 12.6. The molecule has 1 N–H and O–H groups in total. The van der Waals surface area contributed by atoms with Gasteiger partial charge in [0.05, 0.1) is 12.8 Å². The van der Waals surface area contributed by atoms with Crippen LogP contribution in [0.2, 0.25) is 0 Å². The summed E-state index contributed by atoms with van der Waals surface area (Å²) in [6.45, 7) is 5.71. The summed E-state index contributed by atoms with van der Waals surface area (Å²) in [7, 11) is 1.61. The predicted octanol–water partition coefficient (Wildman–Crippen LogP) is 3.59. The van der Waals surface area contributed by atoms with E-state index in [1.54, 1.807) is 17.9 Å². The number of aromatic nitrogens is 2. The second-order valence-corrected chi connectivity index (χ2v) is 6.06. The van der Waals surface area contributed by atoms with Gasteiger partial charge < -0.3 is 14.5 Å². The van der Waals surface area contributed by atoms with Gasteiger partial charge in [0.2, 0.25) is 0 Å². The molecule has 0 unspecified atom stereocenters. The lowest BCUT2D eigenvalue weighted by atomic mass is 10.2. The fourth-order valence-electron chi connectivity index (χ4n) is 2.49. The number of rotatable bonds is 5. The van der Waals surface area contributed by atoms with Gasteiger partial charge in [-0.25, -0.2) is 4.68 Å². The van der Waals surface area contributed by atoms with E-state index in [9.17, 15) is 4.79 Å². The maximum atomic E-state index is 12.6. The van der Waals surface area contributed by atoms with Crippen molar-refractivity contribution in [1.82, 2.24) is 15.1 Å². The minimum atomic E-state index is -0.187. The van der Waals surface area contributed by atoms with E-state index in [1.807, 2.05) is 57.2 Å². The van der Waals surface area contributed by atoms with Crippen LogP contribution in [0.3, 0.4) is 0 Å². The van der Waals surface area contributed by atoms with E-state index in [2.05, 4.69) is 10.4 Å². The lowest BCUT2D eigenvalue weighted by molar-refractivity contribution is 0.0935. The quantitative estimate of drug-likeness (QED) is 0.771. The number of benzene rings is 1. The fraction of sp³-hybridized carbons (Fsp3) is 0.263. The first-order valence-corrected chi connectivity index (χ1v) is 8.10. The summed E-state index contributed by atoms with van der Waals surface area (Å²) in [5.41, 5.74) is 1.82. The summed E-state index contributed by atoms with van der Waals surface area (Å²) in [6.07, 6.45) is 0. The van der Waals surface area contributed by atoms with Crippen LogP contribution in [-0.4, -0.2) is 28.8 Å². The molecule has 25 heavy (non-hydrogen) atoms. The zero-order chi connectivity index (χ0) is 18.0. The highest BCUT2D eigenvalue weighted by Gasteiger charge is 2.19. The molecule has 0 aliphatic rings. The van der Waals surface area contributed by atoms with E-state index < -0.39 is 0 Å². The molecular formula is C19H21N3O3. The van der Waals surface area contributed by atoms with Gasteiger partial charge >= 0.3 is 0 Å². The molecular weight excluding hydrogens is 318 g/mol. The van der Waals surface area contributed by atoms with E-state index in [4.69, 9.17) is 9.15 Å². The highest BCUT2D eigenvalue weighted by atomic mass is 16.5. The monoisotopic (exact) mass is 339 g/mol. The van der Waals surface area contributed by atoms with Gasteiger partial charge in [-0.15, -0.1) is 0 Å². The molecule has 2 aromatic heterocycles. The van der Waals surface area contributed by atoms with E-state index in [-0.39, 0.29) is 11.9 Å². The Morgan fingerprint density at radius 3 is 2.48 bits per heavy atom. The molecule has 6 nitrogen and oxygen atoms in total. The largest absolute Gasteiger partial charge is 0.497 e. The number of aryl methyl sites for hydroxylation is 1. The third kappa shape index (κ3) is 3.57. The van der Waals surface area contributed by atoms with Gasteiger partial charge in [-0.3, -0.25) is 4.79 Å². The first-order valence-electron chi connectivity index (χ1n) is 8.10. The molecule has 0 aliphatic carbocycles. The molecule has 1 aromatic carbocycles. The third-order valence-electron chi connectivity index (χ3n) is 3.67. The van der Waals surface area contributed by atoms with Gasteiger partial charge in [0.15, 0.2) is 5.76 Å². The van der Waals surface area contributed by atoms with Crippen LogP contribution in [-0.2, 0) is 0 Å². The average molecular weight is 339 g/mol. The number of furan rings is 1. The molecule has 0 aliphatic heterocycles. The van der Waals surface area contributed by atoms with Crippen LogP contribution in [0.25, 0.3) is 17.1 Å². The van der Waals surface area contributed by atoms with E-state index in [0.717, 1.165) is 17.2 Å². The van der Waals surface area contributed by atoms with Gasteiger partial charge in [-0.1, -0.05) is 0 Å². The smallest absolute Gasteiger partial charge is 0.270 e. The maximum Gasteiger partial charge on any atom is 0.270 e. The second-order valence-electron chi connectivity index (χ2n) is 6.06. The van der Waals surface area contributed by atoms with Gasteiger partial charge in [0.25, 0.3) is 5.91 Å². The van der Waals surface area contributed by atoms with Crippen molar-refractivity contribution in [2.45, 2.75) is 26.8 Å². The summed E-state index contributed by atoms with van der Waals surface area (Å²) < 4.78 is 12.4. The van der Waals surface area contributed by atoms with Crippen molar-refractivity contribution < 1.29 is 13.9 Å². The van der Waals surface area contributed by atoms with Crippen LogP contribution < -0.4 is 10.1 Å². The zero-order valence-electron chi connectivity index (χ0n) is 14.7. The molecule has 3 aromatic rings. The lowest BCUT2D eigenvalue weighted by Gasteiger charge is -2.10. The molecule has 0 fully saturated rings. The summed E-state index contributed by atoms with van der Waals surface area (Å²) in [5, 5.41) is 7.48. The number of hydrogen-bond donors (Lipinski definition) is 1. The summed E-state index contributed by atoms with van der Waals surface area (Å²) in [4.78, 5) is 12.6. The number of hydrogen-bond acceptors (Lipinski definition) is 4. The van der Waals surface area contributed by atoms with Gasteiger partial charge in [0, 0.05) is 12.1 Å². The molecule has 130 valence electrons. The molecule has 3 rings (SSSR count). The van der Waals surface area contributed by atoms with Crippen LogP contribution in [0.4, 0.5) is 0 Å². The minimum absolute atomic E-state index is 0.0287. The molecule has 0 bridgehead atoms. The Morgan fingerprint density at radius 2 is 1.92 bits per heavy atom. The SMILES string of the molecule is COc1ccc(-n2nc(-c3ccc(C)o3)cc2C(=O)NC(C)C)cc1. The third-order valence-corrected chi connectivity index (χ3v) is 3.67. The molecule has 6 heteroatoms. The topological polar surface area (TPSA) is 69.3 Å². The van der Waals surface area contributed by atoms with Crippen LogP contribution >= 0.6 is 0 Å². The Balaban J connectivity index is 2.07. The Kier molecular flexibility index (Phi) is 4.61. The number of carbonyl (C=O) groups excluding carboxylic acids is 1. The first kappa shape index (κ1) is 16.8. The van der Waals surface area contributed by atoms with E-state index in [0.29, 0.717) is 17.1 Å². The number of nitrogens with one attached hydrogen (secondary N) is 1. The minimum Gasteiger partial charge on any atom is -0.497 e. The molecule has 0 spiro atoms. The predicted molar refractivity (Wildman–Crippen MR) is 95.2 cm³/mol. The standard InChI is InChI=1S/C19H21N3O3/c1-12(2)20-19(23)17-11-16(18-10-5-13(3)25-18)21-22(17)14-6-8-15(24-4)9-7-14/h5-12H,1-4H3,(H,20,23). The van der Waals surface area contributed by atoms with Crippen molar-refractivity contribution in [2.75, 3.05) is 7.11 Å². The van der Waals surface area contributed by atoms with Crippen LogP contribution in [0.5, 0.6) is 5.75 Å². The van der Waals surface area contributed by atoms with Crippen molar-refractivity contribution in [3.63, 3.8) is 0 Å². The Hall–Kier alpha value is -3.02. The average Bonchev–Trinajstić information content (AvgIpc) is 3.20. The molecule has 0 saturated heterocycles. The highest BCUT2D eigenvalue weighted by Crippen LogP contribution is 2.24. The molecule has 0 saturated carbocycles. The van der Waals surface area contributed by atoms with Gasteiger partial charge in [-0.05, 0) is 57.2 Å². The molecule has 1 amide bonds. The fourth-order valence-corrected chi connectivity index (χ4v) is 2.49. The molecule has 0 atom stereocenters. The lowest BCUT2D eigenvalue weighted by Crippen LogP contribution is -2.31. The summed E-state index contributed by atoms with van der Waals surface area (Å²) in [5.74, 6) is 1.98. The number of carbonyl (C=O) groups is 1. The highest BCUT2D eigenvalue weighted by molar-refractivity contribution is 5.94. The van der Waals surface area contributed by atoms with Gasteiger partial charge in [-0.2, -0.15) is 5.10 Å². The van der Waals surface area contributed by atoms with E-state index in [1.165, 1.54) is 0 Å². The van der Waals surface area contributed by atoms with Crippen molar-refractivity contribution in [3.8, 4) is 22.9 Å². The van der Waals surface area contributed by atoms with E-state index >= 15 is 0 Å². The van der Waals surface area contributed by atoms with Crippen LogP contribution in [0, 0.1) is 6.92 Å². The summed E-state index contributed by atoms with van der Waals surface area (Å²) in [6, 6.07) is 12.9. The van der Waals surface area contributed by atoms with Crippen LogP contribution in [0.1, 0.15) is 30.1 Å². The Bertz CT molecular complexity index is 876. The first-order chi connectivity index (χ1) is 12.0.